The van der Waals surface area contributed by atoms with Gasteiger partial charge in [-0.1, -0.05) is 12.8 Å². The zero-order valence-electron chi connectivity index (χ0n) is 26.5. The van der Waals surface area contributed by atoms with Crippen molar-refractivity contribution in [1.29, 1.82) is 0 Å². The van der Waals surface area contributed by atoms with Gasteiger partial charge in [-0.15, -0.1) is 0 Å². The van der Waals surface area contributed by atoms with Crippen molar-refractivity contribution < 1.29 is 27.5 Å². The third-order valence-corrected chi connectivity index (χ3v) is 8.58. The van der Waals surface area contributed by atoms with Gasteiger partial charge in [0.05, 0.1) is 19.3 Å². The zero-order chi connectivity index (χ0) is 32.6. The number of carbonyl (C=O) groups is 2. The van der Waals surface area contributed by atoms with Gasteiger partial charge in [-0.05, 0) is 77.9 Å². The number of piperidine rings is 1. The van der Waals surface area contributed by atoms with Gasteiger partial charge in [0.25, 0.3) is 5.91 Å². The van der Waals surface area contributed by atoms with Gasteiger partial charge in [0.15, 0.2) is 0 Å². The molecule has 0 radical (unpaired) electrons. The fraction of sp³-hybridized carbons (Fsp3) is 0.613. The molecule has 1 saturated heterocycles. The van der Waals surface area contributed by atoms with Gasteiger partial charge in [-0.3, -0.25) is 9.59 Å². The molecule has 1 saturated carbocycles. The molecule has 0 unspecified atom stereocenters. The molecule has 248 valence electrons. The van der Waals surface area contributed by atoms with Crippen LogP contribution in [0.25, 0.3) is 0 Å². The van der Waals surface area contributed by atoms with Crippen molar-refractivity contribution >= 4 is 29.3 Å². The Morgan fingerprint density at radius 1 is 1.07 bits per heavy atom. The number of nitrogens with one attached hydrogen (secondary N) is 4. The summed E-state index contributed by atoms with van der Waals surface area (Å²) in [5.41, 5.74) is -0.182. The van der Waals surface area contributed by atoms with Gasteiger partial charge >= 0.3 is 6.18 Å². The summed E-state index contributed by atoms with van der Waals surface area (Å²) < 4.78 is 47.6. The summed E-state index contributed by atoms with van der Waals surface area (Å²) in [7, 11) is 3.50. The Balaban J connectivity index is 1.50. The molecule has 45 heavy (non-hydrogen) atoms. The molecular formula is C31H45F3N8O3. The van der Waals surface area contributed by atoms with Crippen LogP contribution in [0.3, 0.4) is 0 Å². The molecule has 2 fully saturated rings. The van der Waals surface area contributed by atoms with E-state index in [0.29, 0.717) is 36.5 Å². The number of anilines is 3. The van der Waals surface area contributed by atoms with Gasteiger partial charge in [-0.25, -0.2) is 4.98 Å². The monoisotopic (exact) mass is 634 g/mol. The van der Waals surface area contributed by atoms with Gasteiger partial charge in [0, 0.05) is 43.0 Å². The number of carbonyl (C=O) groups excluding carboxylic acids is 2. The molecule has 0 bridgehead atoms. The maximum Gasteiger partial charge on any atom is 0.421 e. The molecule has 1 aliphatic heterocycles. The van der Waals surface area contributed by atoms with Gasteiger partial charge < -0.3 is 35.8 Å². The number of aromatic nitrogens is 2. The first-order valence-electron chi connectivity index (χ1n) is 15.7. The highest BCUT2D eigenvalue weighted by Gasteiger charge is 2.37. The largest absolute Gasteiger partial charge is 0.495 e. The molecule has 4 rings (SSSR count). The SMILES string of the molecule is CCN(CC)C(=O)CN[C@@H]1CCCC[C@H]1Nc1nc(Nc2ccc(C(=O)NC3CCN(C)CC3)cc2OC)ncc1C(F)(F)F. The van der Waals surface area contributed by atoms with E-state index in [-0.39, 0.29) is 48.3 Å². The van der Waals surface area contributed by atoms with Crippen LogP contribution in [0.2, 0.25) is 0 Å². The average Bonchev–Trinajstić information content (AvgIpc) is 3.02. The van der Waals surface area contributed by atoms with Crippen LogP contribution in [0.1, 0.15) is 68.3 Å². The van der Waals surface area contributed by atoms with Crippen LogP contribution in [0.15, 0.2) is 24.4 Å². The Kier molecular flexibility index (Phi) is 11.8. The fourth-order valence-electron chi connectivity index (χ4n) is 5.87. The second-order valence-corrected chi connectivity index (χ2v) is 11.6. The minimum Gasteiger partial charge on any atom is -0.495 e. The number of halogens is 3. The maximum absolute atomic E-state index is 14.0. The minimum atomic E-state index is -4.68. The van der Waals surface area contributed by atoms with Crippen molar-refractivity contribution in [2.45, 2.75) is 76.7 Å². The van der Waals surface area contributed by atoms with Crippen molar-refractivity contribution in [3.63, 3.8) is 0 Å². The van der Waals surface area contributed by atoms with Gasteiger partial charge in [0.1, 0.15) is 17.1 Å². The Bertz CT molecular complexity index is 1300. The van der Waals surface area contributed by atoms with Crippen molar-refractivity contribution in [1.82, 2.24) is 30.4 Å². The number of likely N-dealkylation sites (tertiary alicyclic amines) is 1. The standard InChI is InChI=1S/C31H45F3N8O3/c1-5-42(6-2)27(43)19-35-23-9-7-8-10-24(23)38-28-22(31(32,33)34)18-36-30(40-28)39-25-12-11-20(17-26(25)45-4)29(44)37-21-13-15-41(3)16-14-21/h11-12,17-18,21,23-24,35H,5-10,13-16,19H2,1-4H3,(H,37,44)(H2,36,38,39,40)/t23-,24-/m1/s1. The summed E-state index contributed by atoms with van der Waals surface area (Å²) in [4.78, 5) is 37.6. The van der Waals surface area contributed by atoms with Gasteiger partial charge in [-0.2, -0.15) is 18.2 Å². The third-order valence-electron chi connectivity index (χ3n) is 8.58. The topological polar surface area (TPSA) is 124 Å². The third kappa shape index (κ3) is 9.19. The molecule has 1 aliphatic carbocycles. The Morgan fingerprint density at radius 3 is 2.40 bits per heavy atom. The summed E-state index contributed by atoms with van der Waals surface area (Å²) >= 11 is 0. The summed E-state index contributed by atoms with van der Waals surface area (Å²) in [6, 6.07) is 4.32. The lowest BCUT2D eigenvalue weighted by Crippen LogP contribution is -2.50. The molecule has 4 N–H and O–H groups in total. The number of likely N-dealkylation sites (N-methyl/N-ethyl adjacent to an activating group) is 1. The van der Waals surface area contributed by atoms with Crippen molar-refractivity contribution in [2.24, 2.45) is 0 Å². The second-order valence-electron chi connectivity index (χ2n) is 11.6. The van der Waals surface area contributed by atoms with E-state index in [9.17, 15) is 22.8 Å². The van der Waals surface area contributed by atoms with Gasteiger partial charge in [0.2, 0.25) is 11.9 Å². The number of benzene rings is 1. The second kappa shape index (κ2) is 15.6. The lowest BCUT2D eigenvalue weighted by molar-refractivity contribution is -0.137. The summed E-state index contributed by atoms with van der Waals surface area (Å²) in [6.07, 6.45) is 0.891. The normalized spacial score (nSPS) is 19.5. The van der Waals surface area contributed by atoms with Crippen LogP contribution in [-0.4, -0.2) is 96.6 Å². The van der Waals surface area contributed by atoms with Crippen LogP contribution >= 0.6 is 0 Å². The maximum atomic E-state index is 14.0. The molecule has 2 atom stereocenters. The number of hydrogen-bond acceptors (Lipinski definition) is 9. The van der Waals surface area contributed by atoms with Crippen LogP contribution in [0.4, 0.5) is 30.6 Å². The zero-order valence-corrected chi connectivity index (χ0v) is 26.5. The van der Waals surface area contributed by atoms with E-state index >= 15 is 0 Å². The number of alkyl halides is 3. The molecule has 1 aromatic heterocycles. The fourth-order valence-corrected chi connectivity index (χ4v) is 5.87. The Morgan fingerprint density at radius 2 is 1.76 bits per heavy atom. The first-order chi connectivity index (χ1) is 21.5. The molecule has 2 aromatic rings. The summed E-state index contributed by atoms with van der Waals surface area (Å²) in [5, 5.41) is 12.3. The van der Waals surface area contributed by atoms with Crippen LogP contribution in [0.5, 0.6) is 5.75 Å². The molecule has 0 spiro atoms. The highest BCUT2D eigenvalue weighted by molar-refractivity contribution is 5.95. The minimum absolute atomic E-state index is 0.0481. The highest BCUT2D eigenvalue weighted by Crippen LogP contribution is 2.36. The van der Waals surface area contributed by atoms with E-state index in [4.69, 9.17) is 4.74 Å². The number of hydrogen-bond donors (Lipinski definition) is 4. The predicted molar refractivity (Wildman–Crippen MR) is 167 cm³/mol. The quantitative estimate of drug-likeness (QED) is 0.271. The lowest BCUT2D eigenvalue weighted by Gasteiger charge is -2.34. The van der Waals surface area contributed by atoms with Crippen molar-refractivity contribution in [2.75, 3.05) is 57.5 Å². The number of rotatable bonds is 12. The first kappa shape index (κ1) is 34.2. The van der Waals surface area contributed by atoms with E-state index in [0.717, 1.165) is 51.4 Å². The van der Waals surface area contributed by atoms with Crippen LogP contribution in [0, 0.1) is 0 Å². The smallest absolute Gasteiger partial charge is 0.421 e. The summed E-state index contributed by atoms with van der Waals surface area (Å²) in [6.45, 7) is 6.93. The van der Waals surface area contributed by atoms with E-state index in [1.165, 1.54) is 7.11 Å². The average molecular weight is 635 g/mol. The number of methoxy groups -OCH3 is 1. The highest BCUT2D eigenvalue weighted by atomic mass is 19.4. The Hall–Kier alpha value is -3.65. The Labute approximate surface area is 262 Å². The molecule has 1 aromatic carbocycles. The molecule has 11 nitrogen and oxygen atoms in total. The molecule has 2 aliphatic rings. The van der Waals surface area contributed by atoms with E-state index < -0.39 is 11.7 Å². The van der Waals surface area contributed by atoms with E-state index in [2.05, 4.69) is 43.2 Å². The number of ether oxygens (including phenoxy) is 1. The first-order valence-corrected chi connectivity index (χ1v) is 15.7. The van der Waals surface area contributed by atoms with Crippen molar-refractivity contribution in [3.8, 4) is 5.75 Å². The van der Waals surface area contributed by atoms with Crippen molar-refractivity contribution in [3.05, 3.63) is 35.5 Å². The van der Waals surface area contributed by atoms with Crippen LogP contribution < -0.4 is 26.0 Å². The molecule has 14 heteroatoms. The molecular weight excluding hydrogens is 589 g/mol. The lowest BCUT2D eigenvalue weighted by atomic mass is 9.90. The summed E-state index contributed by atoms with van der Waals surface area (Å²) in [5.74, 6) is -0.362. The molecule has 2 heterocycles. The van der Waals surface area contributed by atoms with Crippen LogP contribution in [-0.2, 0) is 11.0 Å². The molecule has 2 amide bonds. The van der Waals surface area contributed by atoms with E-state index in [1.807, 2.05) is 13.8 Å². The predicted octanol–water partition coefficient (Wildman–Crippen LogP) is 4.25. The number of nitrogens with zero attached hydrogens (tertiary/aromatic N) is 4. The number of amides is 2. The van der Waals surface area contributed by atoms with E-state index in [1.54, 1.807) is 23.1 Å².